The van der Waals surface area contributed by atoms with E-state index in [2.05, 4.69) is 0 Å². The number of rotatable bonds is 9. The van der Waals surface area contributed by atoms with Crippen LogP contribution in [0.2, 0.25) is 0 Å². The van der Waals surface area contributed by atoms with Gasteiger partial charge >= 0.3 is 11.9 Å². The number of esters is 2. The molecule has 0 aliphatic rings. The second kappa shape index (κ2) is 11.9. The maximum atomic E-state index is 11.6. The largest absolute Gasteiger partial charge is 0.466 e. The molecule has 0 fully saturated rings. The summed E-state index contributed by atoms with van der Waals surface area (Å²) in [5, 5.41) is 0. The van der Waals surface area contributed by atoms with Gasteiger partial charge in [-0.15, -0.1) is 0 Å². The minimum Gasteiger partial charge on any atom is -0.466 e. The van der Waals surface area contributed by atoms with Crippen LogP contribution >= 0.6 is 0 Å². The van der Waals surface area contributed by atoms with Crippen molar-refractivity contribution >= 4 is 11.9 Å². The van der Waals surface area contributed by atoms with Gasteiger partial charge in [-0.25, -0.2) is 0 Å². The monoisotopic (exact) mass is 276 g/mol. The third kappa shape index (κ3) is 9.44. The van der Waals surface area contributed by atoms with Crippen LogP contribution in [0, 0.1) is 5.92 Å². The van der Waals surface area contributed by atoms with E-state index >= 15 is 0 Å². The van der Waals surface area contributed by atoms with Crippen molar-refractivity contribution in [1.82, 2.24) is 6.15 Å². The highest BCUT2D eigenvalue weighted by Gasteiger charge is 2.21. The van der Waals surface area contributed by atoms with Crippen molar-refractivity contribution in [1.29, 1.82) is 0 Å². The fraction of sp³-hybridized carbons (Fsp3) is 0.846. The Kier molecular flexibility index (Phi) is 12.7. The van der Waals surface area contributed by atoms with E-state index < -0.39 is 0 Å². The third-order valence-electron chi connectivity index (χ3n) is 2.72. The zero-order chi connectivity index (χ0) is 14.0. The van der Waals surface area contributed by atoms with E-state index in [0.717, 1.165) is 0 Å². The van der Waals surface area contributed by atoms with E-state index in [1.54, 1.807) is 13.8 Å². The van der Waals surface area contributed by atoms with Crippen molar-refractivity contribution in [2.24, 2.45) is 11.7 Å². The van der Waals surface area contributed by atoms with Crippen molar-refractivity contribution in [3.05, 3.63) is 0 Å². The molecule has 0 bridgehead atoms. The van der Waals surface area contributed by atoms with Crippen LogP contribution < -0.4 is 11.9 Å². The summed E-state index contributed by atoms with van der Waals surface area (Å²) in [5.74, 6) is -0.620. The Morgan fingerprint density at radius 1 is 1.11 bits per heavy atom. The number of ether oxygens (including phenoxy) is 2. The predicted octanol–water partition coefficient (Wildman–Crippen LogP) is 1.80. The number of carbonyl (C=O) groups is 2. The van der Waals surface area contributed by atoms with Gasteiger partial charge in [0, 0.05) is 12.5 Å². The smallest absolute Gasteiger partial charge is 0.308 e. The Balaban J connectivity index is 0. The van der Waals surface area contributed by atoms with Gasteiger partial charge in [-0.05, 0) is 33.1 Å². The van der Waals surface area contributed by atoms with Crippen LogP contribution in [0.15, 0.2) is 0 Å². The van der Waals surface area contributed by atoms with Gasteiger partial charge in [-0.3, -0.25) is 9.59 Å². The van der Waals surface area contributed by atoms with Gasteiger partial charge in [0.25, 0.3) is 0 Å². The molecule has 0 aliphatic heterocycles. The lowest BCUT2D eigenvalue weighted by atomic mass is 9.95. The molecular weight excluding hydrogens is 248 g/mol. The SMILES string of the molecule is CCOC(=O)CCC(N)CC(CC)C(=O)OCC.N. The lowest BCUT2D eigenvalue weighted by Gasteiger charge is -2.18. The van der Waals surface area contributed by atoms with Crippen molar-refractivity contribution in [3.63, 3.8) is 0 Å². The molecule has 19 heavy (non-hydrogen) atoms. The van der Waals surface area contributed by atoms with Crippen molar-refractivity contribution in [3.8, 4) is 0 Å². The molecule has 0 aromatic rings. The quantitative estimate of drug-likeness (QED) is 0.621. The summed E-state index contributed by atoms with van der Waals surface area (Å²) < 4.78 is 9.80. The van der Waals surface area contributed by atoms with Gasteiger partial charge in [0.2, 0.25) is 0 Å². The van der Waals surface area contributed by atoms with Crippen LogP contribution in [-0.2, 0) is 19.1 Å². The van der Waals surface area contributed by atoms with Crippen molar-refractivity contribution < 1.29 is 19.1 Å². The van der Waals surface area contributed by atoms with Gasteiger partial charge in [-0.1, -0.05) is 6.92 Å². The summed E-state index contributed by atoms with van der Waals surface area (Å²) in [6, 6.07) is -0.177. The van der Waals surface area contributed by atoms with E-state index in [9.17, 15) is 9.59 Å². The molecule has 2 unspecified atom stereocenters. The van der Waals surface area contributed by atoms with E-state index in [-0.39, 0.29) is 30.0 Å². The molecule has 0 amide bonds. The Bertz CT molecular complexity index is 259. The lowest BCUT2D eigenvalue weighted by molar-refractivity contribution is -0.148. The summed E-state index contributed by atoms with van der Waals surface area (Å²) in [4.78, 5) is 22.8. The maximum Gasteiger partial charge on any atom is 0.308 e. The first-order valence-electron chi connectivity index (χ1n) is 6.62. The van der Waals surface area contributed by atoms with Crippen molar-refractivity contribution in [2.75, 3.05) is 13.2 Å². The average molecular weight is 276 g/mol. The summed E-state index contributed by atoms with van der Waals surface area (Å²) >= 11 is 0. The second-order valence-corrected chi connectivity index (χ2v) is 4.20. The first-order valence-corrected chi connectivity index (χ1v) is 6.62. The van der Waals surface area contributed by atoms with Crippen LogP contribution in [0.5, 0.6) is 0 Å². The van der Waals surface area contributed by atoms with Crippen LogP contribution in [0.1, 0.15) is 46.5 Å². The molecule has 2 atom stereocenters. The highest BCUT2D eigenvalue weighted by molar-refractivity contribution is 5.72. The normalized spacial score (nSPS) is 13.1. The van der Waals surface area contributed by atoms with E-state index in [4.69, 9.17) is 15.2 Å². The molecule has 6 nitrogen and oxygen atoms in total. The zero-order valence-corrected chi connectivity index (χ0v) is 12.3. The standard InChI is InChI=1S/C13H25NO4.H3N/c1-4-10(13(16)18-6-3)9-11(14)7-8-12(15)17-5-2;/h10-11H,4-9,14H2,1-3H3;1H3. The topological polar surface area (TPSA) is 114 Å². The summed E-state index contributed by atoms with van der Waals surface area (Å²) in [7, 11) is 0. The fourth-order valence-electron chi connectivity index (χ4n) is 1.71. The molecule has 0 aromatic heterocycles. The minimum atomic E-state index is -0.239. The van der Waals surface area contributed by atoms with Crippen LogP contribution in [0.4, 0.5) is 0 Å². The third-order valence-corrected chi connectivity index (χ3v) is 2.72. The second-order valence-electron chi connectivity index (χ2n) is 4.20. The molecular formula is C13H28N2O4. The Hall–Kier alpha value is -1.14. The van der Waals surface area contributed by atoms with Crippen molar-refractivity contribution in [2.45, 2.75) is 52.5 Å². The molecule has 0 aliphatic carbocycles. The van der Waals surface area contributed by atoms with Crippen LogP contribution in [-0.4, -0.2) is 31.2 Å². The average Bonchev–Trinajstić information content (AvgIpc) is 2.34. The number of hydrogen-bond donors (Lipinski definition) is 2. The molecule has 0 rings (SSSR count). The number of carbonyl (C=O) groups excluding carboxylic acids is 2. The van der Waals surface area contributed by atoms with E-state index in [1.807, 2.05) is 6.92 Å². The van der Waals surface area contributed by atoms with Gasteiger partial charge in [0.1, 0.15) is 0 Å². The maximum absolute atomic E-state index is 11.6. The summed E-state index contributed by atoms with van der Waals surface area (Å²) in [6.45, 7) is 6.25. The molecule has 0 saturated heterocycles. The van der Waals surface area contributed by atoms with Crippen LogP contribution in [0.3, 0.4) is 0 Å². The number of nitrogens with two attached hydrogens (primary N) is 1. The van der Waals surface area contributed by atoms with Gasteiger partial charge in [0.15, 0.2) is 0 Å². The molecule has 6 heteroatoms. The first kappa shape index (κ1) is 20.2. The number of hydrogen-bond acceptors (Lipinski definition) is 6. The van der Waals surface area contributed by atoms with Gasteiger partial charge in [0.05, 0.1) is 19.1 Å². The van der Waals surface area contributed by atoms with E-state index in [0.29, 0.717) is 38.9 Å². The minimum absolute atomic E-state index is 0. The van der Waals surface area contributed by atoms with Gasteiger partial charge in [-0.2, -0.15) is 0 Å². The first-order chi connectivity index (χ1) is 8.54. The molecule has 0 radical (unpaired) electrons. The van der Waals surface area contributed by atoms with E-state index in [1.165, 1.54) is 0 Å². The fourth-order valence-corrected chi connectivity index (χ4v) is 1.71. The summed E-state index contributed by atoms with van der Waals surface area (Å²) in [6.07, 6.45) is 2.09. The molecule has 0 spiro atoms. The van der Waals surface area contributed by atoms with Crippen LogP contribution in [0.25, 0.3) is 0 Å². The highest BCUT2D eigenvalue weighted by atomic mass is 16.5. The Labute approximate surface area is 115 Å². The Morgan fingerprint density at radius 2 is 1.68 bits per heavy atom. The summed E-state index contributed by atoms with van der Waals surface area (Å²) in [5.41, 5.74) is 5.91. The predicted molar refractivity (Wildman–Crippen MR) is 73.9 cm³/mol. The molecule has 114 valence electrons. The lowest BCUT2D eigenvalue weighted by Crippen LogP contribution is -2.29. The molecule has 0 heterocycles. The van der Waals surface area contributed by atoms with Gasteiger partial charge < -0.3 is 21.4 Å². The molecule has 5 N–H and O–H groups in total. The molecule has 0 aromatic carbocycles. The highest BCUT2D eigenvalue weighted by Crippen LogP contribution is 2.15. The zero-order valence-electron chi connectivity index (χ0n) is 12.3. The molecule has 0 saturated carbocycles. The Morgan fingerprint density at radius 3 is 2.16 bits per heavy atom.